The van der Waals surface area contributed by atoms with Gasteiger partial charge in [0.05, 0.1) is 11.3 Å². The number of nitrogens with one attached hydrogen (secondary N) is 2. The molecule has 9 heteroatoms. The number of carbonyl (C=O) groups excluding carboxylic acids is 1. The second-order valence-corrected chi connectivity index (χ2v) is 6.82. The Balaban J connectivity index is 1.51. The summed E-state index contributed by atoms with van der Waals surface area (Å²) in [6.07, 6.45) is -4.37. The van der Waals surface area contributed by atoms with E-state index in [9.17, 15) is 18.0 Å². The van der Waals surface area contributed by atoms with Crippen LogP contribution in [-0.2, 0) is 12.7 Å². The van der Waals surface area contributed by atoms with E-state index in [-0.39, 0.29) is 12.5 Å². The number of halogens is 3. The quantitative estimate of drug-likeness (QED) is 0.560. The van der Waals surface area contributed by atoms with E-state index in [0.29, 0.717) is 17.0 Å². The molecule has 0 unspecified atom stereocenters. The van der Waals surface area contributed by atoms with Gasteiger partial charge in [-0.1, -0.05) is 17.3 Å². The molecule has 0 saturated carbocycles. The van der Waals surface area contributed by atoms with Gasteiger partial charge in [-0.25, -0.2) is 0 Å². The monoisotopic (exact) mass is 407 g/mol. The van der Waals surface area contributed by atoms with Gasteiger partial charge in [-0.2, -0.15) is 13.2 Å². The first-order chi connectivity index (χ1) is 13.3. The average Bonchev–Trinajstić information content (AvgIpc) is 3.10. The Morgan fingerprint density at radius 2 is 1.79 bits per heavy atom. The molecule has 1 heterocycles. The third-order valence-corrected chi connectivity index (χ3v) is 4.56. The third kappa shape index (κ3) is 5.29. The molecule has 2 N–H and O–H groups in total. The Hall–Kier alpha value is -2.94. The normalized spacial score (nSPS) is 11.3. The van der Waals surface area contributed by atoms with Gasteiger partial charge < -0.3 is 9.84 Å². The Morgan fingerprint density at radius 1 is 1.11 bits per heavy atom. The standard InChI is InChI=1S/C19H16F3N3O2S/c1-12-10-17(27-24-12)25-28-16-8-4-14(5-9-16)18(26)23-11-13-2-6-15(7-3-13)19(20,21)22/h2-10,25H,11H2,1H3,(H,23,26). The first-order valence-electron chi connectivity index (χ1n) is 8.22. The molecule has 2 aromatic carbocycles. The number of alkyl halides is 3. The van der Waals surface area contributed by atoms with E-state index in [1.807, 2.05) is 6.92 Å². The summed E-state index contributed by atoms with van der Waals surface area (Å²) in [5, 5.41) is 6.46. The fourth-order valence-electron chi connectivity index (χ4n) is 2.29. The van der Waals surface area contributed by atoms with Crippen LogP contribution < -0.4 is 10.0 Å². The minimum absolute atomic E-state index is 0.139. The van der Waals surface area contributed by atoms with Crippen molar-refractivity contribution < 1.29 is 22.5 Å². The zero-order valence-electron chi connectivity index (χ0n) is 14.7. The number of aromatic nitrogens is 1. The van der Waals surface area contributed by atoms with Crippen molar-refractivity contribution in [3.63, 3.8) is 0 Å². The molecular weight excluding hydrogens is 391 g/mol. The molecule has 0 fully saturated rings. The molecule has 0 aliphatic rings. The first-order valence-corrected chi connectivity index (χ1v) is 9.03. The summed E-state index contributed by atoms with van der Waals surface area (Å²) < 4.78 is 45.7. The lowest BCUT2D eigenvalue weighted by atomic mass is 10.1. The van der Waals surface area contributed by atoms with Gasteiger partial charge in [0, 0.05) is 23.1 Å². The van der Waals surface area contributed by atoms with Gasteiger partial charge in [-0.05, 0) is 60.8 Å². The summed E-state index contributed by atoms with van der Waals surface area (Å²) >= 11 is 1.31. The molecule has 0 aliphatic heterocycles. The summed E-state index contributed by atoms with van der Waals surface area (Å²) in [5.74, 6) is 0.219. The van der Waals surface area contributed by atoms with Gasteiger partial charge in [0.2, 0.25) is 5.88 Å². The minimum Gasteiger partial charge on any atom is -0.348 e. The lowest BCUT2D eigenvalue weighted by Gasteiger charge is -2.09. The summed E-state index contributed by atoms with van der Waals surface area (Å²) in [6.45, 7) is 1.96. The summed E-state index contributed by atoms with van der Waals surface area (Å²) in [6, 6.07) is 13.3. The van der Waals surface area contributed by atoms with Crippen LogP contribution in [0.2, 0.25) is 0 Å². The number of carbonyl (C=O) groups is 1. The molecule has 3 aromatic rings. The second kappa shape index (κ2) is 8.39. The van der Waals surface area contributed by atoms with Gasteiger partial charge in [0.25, 0.3) is 5.91 Å². The first kappa shape index (κ1) is 19.8. The van der Waals surface area contributed by atoms with Crippen molar-refractivity contribution in [3.05, 3.63) is 77.0 Å². The highest BCUT2D eigenvalue weighted by atomic mass is 32.2. The van der Waals surface area contributed by atoms with E-state index in [2.05, 4.69) is 15.2 Å². The summed E-state index contributed by atoms with van der Waals surface area (Å²) in [7, 11) is 0. The fourth-order valence-corrected chi connectivity index (χ4v) is 2.88. The molecule has 28 heavy (non-hydrogen) atoms. The zero-order valence-corrected chi connectivity index (χ0v) is 15.5. The predicted molar refractivity (Wildman–Crippen MR) is 99.8 cm³/mol. The van der Waals surface area contributed by atoms with E-state index in [1.165, 1.54) is 24.1 Å². The smallest absolute Gasteiger partial charge is 0.348 e. The maximum absolute atomic E-state index is 12.6. The van der Waals surface area contributed by atoms with Gasteiger partial charge >= 0.3 is 6.18 Å². The maximum atomic E-state index is 12.6. The summed E-state index contributed by atoms with van der Waals surface area (Å²) in [4.78, 5) is 13.1. The van der Waals surface area contributed by atoms with E-state index < -0.39 is 11.7 Å². The third-order valence-electron chi connectivity index (χ3n) is 3.75. The highest BCUT2D eigenvalue weighted by Crippen LogP contribution is 2.29. The lowest BCUT2D eigenvalue weighted by molar-refractivity contribution is -0.137. The molecule has 1 aromatic heterocycles. The Morgan fingerprint density at radius 3 is 2.36 bits per heavy atom. The average molecular weight is 407 g/mol. The second-order valence-electron chi connectivity index (χ2n) is 5.94. The van der Waals surface area contributed by atoms with Gasteiger partial charge in [0.1, 0.15) is 0 Å². The molecule has 146 valence electrons. The molecule has 0 saturated heterocycles. The number of hydrogen-bond acceptors (Lipinski definition) is 5. The minimum atomic E-state index is -4.37. The van der Waals surface area contributed by atoms with Gasteiger partial charge in [-0.3, -0.25) is 9.52 Å². The van der Waals surface area contributed by atoms with Crippen LogP contribution in [-0.4, -0.2) is 11.1 Å². The van der Waals surface area contributed by atoms with Crippen molar-refractivity contribution in [1.29, 1.82) is 0 Å². The fraction of sp³-hybridized carbons (Fsp3) is 0.158. The van der Waals surface area contributed by atoms with Crippen LogP contribution >= 0.6 is 11.9 Å². The largest absolute Gasteiger partial charge is 0.416 e. The van der Waals surface area contributed by atoms with Crippen LogP contribution in [0.1, 0.15) is 27.2 Å². The van der Waals surface area contributed by atoms with Crippen LogP contribution in [0.3, 0.4) is 0 Å². The van der Waals surface area contributed by atoms with E-state index in [1.54, 1.807) is 30.3 Å². The number of nitrogens with zero attached hydrogens (tertiary/aromatic N) is 1. The maximum Gasteiger partial charge on any atom is 0.416 e. The van der Waals surface area contributed by atoms with Crippen LogP contribution in [0.5, 0.6) is 0 Å². The van der Waals surface area contributed by atoms with Crippen LogP contribution in [0, 0.1) is 6.92 Å². The molecule has 1 amide bonds. The van der Waals surface area contributed by atoms with Crippen molar-refractivity contribution in [3.8, 4) is 0 Å². The topological polar surface area (TPSA) is 67.2 Å². The highest BCUT2D eigenvalue weighted by molar-refractivity contribution is 8.00. The van der Waals surface area contributed by atoms with Crippen molar-refractivity contribution in [2.45, 2.75) is 24.5 Å². The number of aryl methyl sites for hydroxylation is 1. The molecule has 0 bridgehead atoms. The number of benzene rings is 2. The molecule has 5 nitrogen and oxygen atoms in total. The Labute approximate surface area is 163 Å². The van der Waals surface area contributed by atoms with Crippen molar-refractivity contribution >= 4 is 23.7 Å². The Bertz CT molecular complexity index is 938. The van der Waals surface area contributed by atoms with Gasteiger partial charge in [0.15, 0.2) is 0 Å². The number of hydrogen-bond donors (Lipinski definition) is 2. The predicted octanol–water partition coefficient (Wildman–Crippen LogP) is 5.05. The van der Waals surface area contributed by atoms with Crippen LogP contribution in [0.25, 0.3) is 0 Å². The molecule has 0 spiro atoms. The molecule has 0 radical (unpaired) electrons. The Kier molecular flexibility index (Phi) is 5.93. The lowest BCUT2D eigenvalue weighted by Crippen LogP contribution is -2.22. The number of amides is 1. The molecule has 3 rings (SSSR count). The van der Waals surface area contributed by atoms with Crippen LogP contribution in [0.4, 0.5) is 19.1 Å². The molecular formula is C19H16F3N3O2S. The number of anilines is 1. The SMILES string of the molecule is Cc1cc(NSc2ccc(C(=O)NCc3ccc(C(F)(F)F)cc3)cc2)on1. The van der Waals surface area contributed by atoms with E-state index >= 15 is 0 Å². The van der Waals surface area contributed by atoms with Crippen molar-refractivity contribution in [1.82, 2.24) is 10.5 Å². The van der Waals surface area contributed by atoms with E-state index in [0.717, 1.165) is 22.7 Å². The zero-order chi connectivity index (χ0) is 20.1. The highest BCUT2D eigenvalue weighted by Gasteiger charge is 2.29. The van der Waals surface area contributed by atoms with Crippen LogP contribution in [0.15, 0.2) is 64.0 Å². The van der Waals surface area contributed by atoms with Crippen molar-refractivity contribution in [2.75, 3.05) is 4.72 Å². The number of rotatable bonds is 6. The molecule has 0 atom stereocenters. The summed E-state index contributed by atoms with van der Waals surface area (Å²) in [5.41, 5.74) is 1.08. The van der Waals surface area contributed by atoms with E-state index in [4.69, 9.17) is 4.52 Å². The molecule has 0 aliphatic carbocycles. The van der Waals surface area contributed by atoms with Gasteiger partial charge in [-0.15, -0.1) is 0 Å². The van der Waals surface area contributed by atoms with Crippen molar-refractivity contribution in [2.24, 2.45) is 0 Å².